The maximum atomic E-state index is 11.3. The number of hydrogen-bond donors (Lipinski definition) is 1. The fourth-order valence-electron chi connectivity index (χ4n) is 2.97. The Balaban J connectivity index is 2.24. The summed E-state index contributed by atoms with van der Waals surface area (Å²) in [5, 5.41) is 11.6. The zero-order chi connectivity index (χ0) is 16.9. The molecule has 3 heteroatoms. The van der Waals surface area contributed by atoms with Gasteiger partial charge in [0.15, 0.2) is 0 Å². The molecule has 0 aliphatic carbocycles. The molecule has 1 aliphatic heterocycles. The van der Waals surface area contributed by atoms with E-state index in [1.807, 2.05) is 41.3 Å². The quantitative estimate of drug-likeness (QED) is 0.704. The predicted molar refractivity (Wildman–Crippen MR) is 97.9 cm³/mol. The summed E-state index contributed by atoms with van der Waals surface area (Å²) in [4.78, 5) is 1.87. The fraction of sp³-hybridized carbons (Fsp3) is 0.300. The molecule has 0 aromatic heterocycles. The summed E-state index contributed by atoms with van der Waals surface area (Å²) < 4.78 is 0. The van der Waals surface area contributed by atoms with Gasteiger partial charge in [-0.3, -0.25) is 0 Å². The van der Waals surface area contributed by atoms with Crippen LogP contribution in [-0.4, -0.2) is 16.6 Å². The first-order valence-corrected chi connectivity index (χ1v) is 8.34. The van der Waals surface area contributed by atoms with Crippen LogP contribution in [0.3, 0.4) is 0 Å². The molecule has 0 saturated carbocycles. The van der Waals surface area contributed by atoms with E-state index in [1.54, 1.807) is 6.08 Å². The van der Waals surface area contributed by atoms with Gasteiger partial charge in [0, 0.05) is 17.8 Å². The summed E-state index contributed by atoms with van der Waals surface area (Å²) in [5.41, 5.74) is 1.47. The van der Waals surface area contributed by atoms with Gasteiger partial charge >= 0.3 is 0 Å². The standard InChI is InChI=1S/C20H24ClNO/c1-4-9-17(10-5-2)13-14-22-16(3)15-19(21)20(22,23)18-11-7-6-8-12-18/h4,6-9,11-12,15,23H,1,3,5,10,13-14H2,2H3/b17-9+. The van der Waals surface area contributed by atoms with Gasteiger partial charge in [-0.25, -0.2) is 0 Å². The van der Waals surface area contributed by atoms with E-state index in [0.717, 1.165) is 30.5 Å². The van der Waals surface area contributed by atoms with Crippen molar-refractivity contribution in [2.75, 3.05) is 6.54 Å². The average Bonchev–Trinajstić information content (AvgIpc) is 2.77. The van der Waals surface area contributed by atoms with Crippen LogP contribution in [0.1, 0.15) is 31.7 Å². The van der Waals surface area contributed by atoms with Crippen LogP contribution in [0.5, 0.6) is 0 Å². The lowest BCUT2D eigenvalue weighted by Gasteiger charge is -2.37. The second-order valence-electron chi connectivity index (χ2n) is 5.73. The first-order chi connectivity index (χ1) is 11.0. The molecule has 122 valence electrons. The van der Waals surface area contributed by atoms with Gasteiger partial charge in [0.25, 0.3) is 0 Å². The molecule has 0 radical (unpaired) electrons. The smallest absolute Gasteiger partial charge is 0.202 e. The molecule has 1 aromatic carbocycles. The van der Waals surface area contributed by atoms with Crippen molar-refractivity contribution in [3.05, 3.63) is 83.6 Å². The Morgan fingerprint density at radius 2 is 2.00 bits per heavy atom. The van der Waals surface area contributed by atoms with E-state index in [9.17, 15) is 5.11 Å². The maximum absolute atomic E-state index is 11.3. The Morgan fingerprint density at radius 3 is 2.61 bits per heavy atom. The van der Waals surface area contributed by atoms with Crippen LogP contribution in [0.4, 0.5) is 0 Å². The summed E-state index contributed by atoms with van der Waals surface area (Å²) in [6.45, 7) is 10.6. The maximum Gasteiger partial charge on any atom is 0.202 e. The van der Waals surface area contributed by atoms with E-state index in [0.29, 0.717) is 11.6 Å². The largest absolute Gasteiger partial charge is 0.362 e. The van der Waals surface area contributed by atoms with Crippen molar-refractivity contribution in [1.82, 2.24) is 4.90 Å². The minimum absolute atomic E-state index is 0.387. The molecule has 2 nitrogen and oxygen atoms in total. The molecule has 0 saturated heterocycles. The average molecular weight is 330 g/mol. The van der Waals surface area contributed by atoms with Crippen molar-refractivity contribution >= 4 is 11.6 Å². The Bertz CT molecular complexity index is 632. The Labute approximate surface area is 144 Å². The van der Waals surface area contributed by atoms with Gasteiger partial charge in [0.1, 0.15) is 0 Å². The SMILES string of the molecule is C=C/C=C(\CCC)CCN1C(=C)C=C(Cl)C1(O)c1ccccc1. The van der Waals surface area contributed by atoms with Crippen LogP contribution in [0.25, 0.3) is 0 Å². The zero-order valence-electron chi connectivity index (χ0n) is 13.6. The van der Waals surface area contributed by atoms with E-state index >= 15 is 0 Å². The molecule has 1 N–H and O–H groups in total. The van der Waals surface area contributed by atoms with Gasteiger partial charge in [-0.15, -0.1) is 0 Å². The molecule has 2 rings (SSSR count). The van der Waals surface area contributed by atoms with Crippen LogP contribution in [-0.2, 0) is 5.72 Å². The van der Waals surface area contributed by atoms with Gasteiger partial charge < -0.3 is 10.0 Å². The van der Waals surface area contributed by atoms with Gasteiger partial charge in [-0.1, -0.05) is 86.2 Å². The first kappa shape index (κ1) is 17.6. The summed E-state index contributed by atoms with van der Waals surface area (Å²) in [5.74, 6) is 0. The Morgan fingerprint density at radius 1 is 1.30 bits per heavy atom. The lowest BCUT2D eigenvalue weighted by atomic mass is 10.0. The number of allylic oxidation sites excluding steroid dienone is 3. The zero-order valence-corrected chi connectivity index (χ0v) is 14.4. The summed E-state index contributed by atoms with van der Waals surface area (Å²) in [6, 6.07) is 9.49. The summed E-state index contributed by atoms with van der Waals surface area (Å²) in [7, 11) is 0. The highest BCUT2D eigenvalue weighted by Crippen LogP contribution is 2.43. The van der Waals surface area contributed by atoms with Gasteiger partial charge in [-0.05, 0) is 18.9 Å². The monoisotopic (exact) mass is 329 g/mol. The molecule has 0 spiro atoms. The number of benzene rings is 1. The number of halogens is 1. The molecule has 23 heavy (non-hydrogen) atoms. The van der Waals surface area contributed by atoms with Crippen LogP contribution in [0.2, 0.25) is 0 Å². The van der Waals surface area contributed by atoms with Crippen molar-refractivity contribution in [3.63, 3.8) is 0 Å². The van der Waals surface area contributed by atoms with Crippen LogP contribution < -0.4 is 0 Å². The molecular weight excluding hydrogens is 306 g/mol. The van der Waals surface area contributed by atoms with E-state index in [4.69, 9.17) is 11.6 Å². The first-order valence-electron chi connectivity index (χ1n) is 7.96. The van der Waals surface area contributed by atoms with Crippen molar-refractivity contribution < 1.29 is 5.11 Å². The van der Waals surface area contributed by atoms with E-state index in [-0.39, 0.29) is 0 Å². The van der Waals surface area contributed by atoms with Crippen molar-refractivity contribution in [1.29, 1.82) is 0 Å². The second-order valence-corrected chi connectivity index (χ2v) is 6.14. The third-order valence-electron chi connectivity index (χ3n) is 4.12. The Hall–Kier alpha value is -1.77. The van der Waals surface area contributed by atoms with Gasteiger partial charge in [0.2, 0.25) is 5.72 Å². The third-order valence-corrected chi connectivity index (χ3v) is 4.49. The molecule has 0 amide bonds. The number of hydrogen-bond acceptors (Lipinski definition) is 2. The minimum atomic E-state index is -1.33. The predicted octanol–water partition coefficient (Wildman–Crippen LogP) is 5.09. The number of aliphatic hydroxyl groups is 1. The molecule has 0 fully saturated rings. The lowest BCUT2D eigenvalue weighted by Crippen LogP contribution is -2.42. The third kappa shape index (κ3) is 3.60. The number of rotatable bonds is 7. The highest BCUT2D eigenvalue weighted by molar-refractivity contribution is 6.31. The molecule has 1 unspecified atom stereocenters. The van der Waals surface area contributed by atoms with E-state index < -0.39 is 5.72 Å². The molecule has 1 aliphatic rings. The highest BCUT2D eigenvalue weighted by Gasteiger charge is 2.44. The van der Waals surface area contributed by atoms with Crippen LogP contribution in [0, 0.1) is 0 Å². The van der Waals surface area contributed by atoms with Crippen LogP contribution in [0.15, 0.2) is 78.0 Å². The summed E-state index contributed by atoms with van der Waals surface area (Å²) in [6.07, 6.45) is 8.56. The molecule has 1 heterocycles. The Kier molecular flexibility index (Phi) is 5.86. The highest BCUT2D eigenvalue weighted by atomic mass is 35.5. The van der Waals surface area contributed by atoms with Gasteiger partial charge in [0.05, 0.1) is 5.03 Å². The normalized spacial score (nSPS) is 21.5. The molecule has 1 atom stereocenters. The molecular formula is C20H24ClNO. The topological polar surface area (TPSA) is 23.5 Å². The minimum Gasteiger partial charge on any atom is -0.362 e. The van der Waals surface area contributed by atoms with Crippen molar-refractivity contribution in [3.8, 4) is 0 Å². The van der Waals surface area contributed by atoms with Crippen molar-refractivity contribution in [2.45, 2.75) is 31.9 Å². The van der Waals surface area contributed by atoms with E-state index in [2.05, 4.69) is 26.2 Å². The molecule has 1 aromatic rings. The second kappa shape index (κ2) is 7.67. The lowest BCUT2D eigenvalue weighted by molar-refractivity contribution is -0.0447. The summed E-state index contributed by atoms with van der Waals surface area (Å²) >= 11 is 6.36. The number of nitrogens with zero attached hydrogens (tertiary/aromatic N) is 1. The fourth-order valence-corrected chi connectivity index (χ4v) is 3.30. The van der Waals surface area contributed by atoms with Crippen molar-refractivity contribution in [2.24, 2.45) is 0 Å². The van der Waals surface area contributed by atoms with E-state index in [1.165, 1.54) is 5.57 Å². The molecule has 0 bridgehead atoms. The van der Waals surface area contributed by atoms with Crippen LogP contribution >= 0.6 is 11.6 Å². The van der Waals surface area contributed by atoms with Gasteiger partial charge in [-0.2, -0.15) is 0 Å².